The Morgan fingerprint density at radius 2 is 1.21 bits per heavy atom. The Morgan fingerprint density at radius 1 is 0.712 bits per heavy atom. The van der Waals surface area contributed by atoms with Gasteiger partial charge in [0.25, 0.3) is 0 Å². The molecular weight excluding hydrogens is 668 g/mol. The molecule has 286 valence electrons. The van der Waals surface area contributed by atoms with Gasteiger partial charge < -0.3 is 18.9 Å². The van der Waals surface area contributed by atoms with Crippen LogP contribution in [0.4, 0.5) is 10.5 Å². The standard InChI is InChI=1S/C40H56N2O10/c1-22-12-14-30-24(3)32(44-34-39(30)28(22)16-18-37(5,46-34)49-51-39)20-27(42-48-36(43)41-26-10-8-7-9-11-26)21-33-25(4)31-15-13-23(2)29-17-19-38(6)47-35(45-33)40(29,31)52-50-38/h7-11,22-25,28-35H,12-21H2,1-6H3,(H,41,43)/t22-,23-,24-,25-,28+,29+,30+,31+,32-,33-,34-,35-,37-,38-,39-,40-/m1/s1. The number of nitrogens with one attached hydrogen (secondary N) is 1. The van der Waals surface area contributed by atoms with Crippen molar-refractivity contribution in [2.24, 2.45) is 52.5 Å². The van der Waals surface area contributed by atoms with Gasteiger partial charge in [-0.25, -0.2) is 24.3 Å². The number of carbonyl (C=O) groups excluding carboxylic acids is 1. The van der Waals surface area contributed by atoms with Crippen molar-refractivity contribution in [3.05, 3.63) is 30.3 Å². The zero-order chi connectivity index (χ0) is 36.0. The van der Waals surface area contributed by atoms with Gasteiger partial charge in [-0.1, -0.05) is 51.0 Å². The second kappa shape index (κ2) is 13.0. The van der Waals surface area contributed by atoms with Crippen molar-refractivity contribution in [2.75, 3.05) is 5.32 Å². The molecule has 52 heavy (non-hydrogen) atoms. The van der Waals surface area contributed by atoms with E-state index in [0.717, 1.165) is 51.4 Å². The van der Waals surface area contributed by atoms with Gasteiger partial charge in [-0.05, 0) is 100 Å². The predicted octanol–water partition coefficient (Wildman–Crippen LogP) is 7.87. The van der Waals surface area contributed by atoms with Crippen LogP contribution in [0.2, 0.25) is 0 Å². The van der Waals surface area contributed by atoms with E-state index >= 15 is 0 Å². The highest BCUT2D eigenvalue weighted by Crippen LogP contribution is 2.62. The topological polar surface area (TPSA) is 125 Å². The minimum Gasteiger partial charge on any atom is -0.345 e. The summed E-state index contributed by atoms with van der Waals surface area (Å²) < 4.78 is 27.3. The van der Waals surface area contributed by atoms with Crippen LogP contribution >= 0.6 is 0 Å². The zero-order valence-electron chi connectivity index (χ0n) is 31.4. The van der Waals surface area contributed by atoms with E-state index in [-0.39, 0.29) is 47.7 Å². The molecule has 4 bridgehead atoms. The molecule has 1 aromatic rings. The maximum atomic E-state index is 13.1. The van der Waals surface area contributed by atoms with Crippen LogP contribution in [0.3, 0.4) is 0 Å². The minimum atomic E-state index is -0.866. The number of ether oxygens (including phenoxy) is 4. The lowest BCUT2D eigenvalue weighted by Gasteiger charge is -2.61. The molecule has 2 spiro atoms. The van der Waals surface area contributed by atoms with Crippen molar-refractivity contribution < 1.29 is 48.1 Å². The van der Waals surface area contributed by atoms with Crippen LogP contribution in [0.15, 0.2) is 35.5 Å². The van der Waals surface area contributed by atoms with Crippen LogP contribution in [0.25, 0.3) is 0 Å². The van der Waals surface area contributed by atoms with E-state index in [1.54, 1.807) is 0 Å². The van der Waals surface area contributed by atoms with E-state index < -0.39 is 41.4 Å². The number of hydrogen-bond acceptors (Lipinski definition) is 11. The zero-order valence-corrected chi connectivity index (χ0v) is 31.4. The summed E-state index contributed by atoms with van der Waals surface area (Å²) in [4.78, 5) is 43.6. The molecule has 12 nitrogen and oxygen atoms in total. The van der Waals surface area contributed by atoms with E-state index in [9.17, 15) is 4.79 Å². The smallest absolute Gasteiger partial charge is 0.345 e. The van der Waals surface area contributed by atoms with Gasteiger partial charge in [0.2, 0.25) is 11.6 Å². The van der Waals surface area contributed by atoms with Crippen molar-refractivity contribution in [1.29, 1.82) is 0 Å². The van der Waals surface area contributed by atoms with E-state index in [0.29, 0.717) is 36.1 Å². The Balaban J connectivity index is 1.00. The van der Waals surface area contributed by atoms with Gasteiger partial charge in [-0.2, -0.15) is 0 Å². The highest BCUT2D eigenvalue weighted by atomic mass is 17.3. The van der Waals surface area contributed by atoms with Crippen LogP contribution < -0.4 is 5.32 Å². The fraction of sp³-hybridized carbons (Fsp3) is 0.800. The molecular formula is C40H56N2O10. The largest absolute Gasteiger partial charge is 0.437 e. The SMILES string of the molecule is C[C@H]1[C@@H](CC(C[C@H]2O[C@@H]3O[C@@]4(C)CC[C@H]5[C@H](C)CC[C@@H]([C@H]2C)[C@@]35OO4)=NOC(=O)Nc2ccccc2)O[C@@H]2O[C@@]3(C)CC[C@H]4[C@H](C)CC[C@@H]1[C@@]24OO3. The number of amides is 1. The number of anilines is 1. The van der Waals surface area contributed by atoms with Crippen molar-refractivity contribution in [3.63, 3.8) is 0 Å². The van der Waals surface area contributed by atoms with Crippen LogP contribution in [0.1, 0.15) is 106 Å². The van der Waals surface area contributed by atoms with E-state index in [1.165, 1.54) is 0 Å². The molecule has 0 radical (unpaired) electrons. The molecule has 1 aromatic carbocycles. The molecule has 1 amide bonds. The molecule has 8 heterocycles. The number of rotatable bonds is 6. The maximum Gasteiger partial charge on any atom is 0.437 e. The average Bonchev–Trinajstić information content (AvgIpc) is 3.50. The monoisotopic (exact) mass is 724 g/mol. The van der Waals surface area contributed by atoms with Gasteiger partial charge in [0.1, 0.15) is 0 Å². The van der Waals surface area contributed by atoms with Crippen molar-refractivity contribution in [2.45, 2.75) is 153 Å². The van der Waals surface area contributed by atoms with Gasteiger partial charge in [0.15, 0.2) is 23.8 Å². The molecule has 16 atom stereocenters. The van der Waals surface area contributed by atoms with Gasteiger partial charge in [-0.15, -0.1) is 0 Å². The van der Waals surface area contributed by atoms with E-state index in [4.69, 9.17) is 43.3 Å². The van der Waals surface area contributed by atoms with Crippen LogP contribution in [0, 0.1) is 47.3 Å². The average molecular weight is 725 g/mol. The van der Waals surface area contributed by atoms with Crippen LogP contribution in [0.5, 0.6) is 0 Å². The first-order valence-corrected chi connectivity index (χ1v) is 19.9. The van der Waals surface area contributed by atoms with Crippen molar-refractivity contribution in [3.8, 4) is 0 Å². The summed E-state index contributed by atoms with van der Waals surface area (Å²) >= 11 is 0. The number of para-hydroxylation sites is 1. The highest BCUT2D eigenvalue weighted by Gasteiger charge is 2.71. The summed E-state index contributed by atoms with van der Waals surface area (Å²) in [5.74, 6) is 0.303. The van der Waals surface area contributed by atoms with Gasteiger partial charge in [0.05, 0.1) is 17.9 Å². The Labute approximate surface area is 306 Å². The Kier molecular flexibility index (Phi) is 8.86. The highest BCUT2D eigenvalue weighted by molar-refractivity contribution is 5.88. The molecule has 8 saturated heterocycles. The lowest BCUT2D eigenvalue weighted by molar-refractivity contribution is -0.571. The number of carbonyl (C=O) groups is 1. The summed E-state index contributed by atoms with van der Waals surface area (Å²) in [6.07, 6.45) is 6.23. The molecule has 10 aliphatic rings. The molecule has 11 rings (SSSR count). The third-order valence-corrected chi connectivity index (χ3v) is 14.7. The Bertz CT molecular complexity index is 1460. The first-order chi connectivity index (χ1) is 24.9. The third-order valence-electron chi connectivity index (χ3n) is 14.7. The quantitative estimate of drug-likeness (QED) is 0.134. The van der Waals surface area contributed by atoms with Gasteiger partial charge in [-0.3, -0.25) is 10.2 Å². The van der Waals surface area contributed by atoms with E-state index in [2.05, 4.69) is 38.2 Å². The minimum absolute atomic E-state index is 0.101. The lowest BCUT2D eigenvalue weighted by Crippen LogP contribution is -2.70. The Hall–Kier alpha value is -2.16. The fourth-order valence-electron chi connectivity index (χ4n) is 11.8. The number of benzene rings is 1. The van der Waals surface area contributed by atoms with Gasteiger partial charge >= 0.3 is 6.09 Å². The third kappa shape index (κ3) is 5.61. The number of fused-ring (bicyclic) bond motifs is 4. The van der Waals surface area contributed by atoms with E-state index in [1.807, 2.05) is 44.2 Å². The second-order valence-corrected chi connectivity index (χ2v) is 17.8. The molecule has 0 aromatic heterocycles. The summed E-state index contributed by atoms with van der Waals surface area (Å²) in [7, 11) is 0. The molecule has 12 heteroatoms. The normalized spacial score (nSPS) is 50.2. The summed E-state index contributed by atoms with van der Waals surface area (Å²) in [5.41, 5.74) is -0.00564. The first-order valence-electron chi connectivity index (χ1n) is 19.9. The summed E-state index contributed by atoms with van der Waals surface area (Å²) in [6.45, 7) is 13.0. The van der Waals surface area contributed by atoms with Crippen molar-refractivity contribution in [1.82, 2.24) is 0 Å². The molecule has 2 saturated carbocycles. The summed E-state index contributed by atoms with van der Waals surface area (Å²) in [5, 5.41) is 7.36. The molecule has 8 aliphatic heterocycles. The number of nitrogens with zero attached hydrogens (tertiary/aromatic N) is 1. The van der Waals surface area contributed by atoms with Crippen LogP contribution in [-0.2, 0) is 43.3 Å². The predicted molar refractivity (Wildman–Crippen MR) is 187 cm³/mol. The fourth-order valence-corrected chi connectivity index (χ4v) is 11.8. The lowest BCUT2D eigenvalue weighted by atomic mass is 9.57. The number of hydrogen-bond donors (Lipinski definition) is 1. The second-order valence-electron chi connectivity index (χ2n) is 17.8. The van der Waals surface area contributed by atoms with Gasteiger partial charge in [0, 0.05) is 43.2 Å². The number of oxime groups is 1. The maximum absolute atomic E-state index is 13.1. The molecule has 10 fully saturated rings. The first kappa shape index (κ1) is 35.5. The molecule has 1 N–H and O–H groups in total. The van der Waals surface area contributed by atoms with Crippen LogP contribution in [-0.4, -0.2) is 59.4 Å². The van der Waals surface area contributed by atoms with Crippen molar-refractivity contribution >= 4 is 17.5 Å². The molecule has 0 unspecified atom stereocenters. The molecule has 2 aliphatic carbocycles. The summed E-state index contributed by atoms with van der Waals surface area (Å²) in [6, 6.07) is 9.22. The Morgan fingerprint density at radius 3 is 1.71 bits per heavy atom.